The molecule has 0 spiro atoms. The summed E-state index contributed by atoms with van der Waals surface area (Å²) in [5.74, 6) is -2.48. The van der Waals surface area contributed by atoms with E-state index in [2.05, 4.69) is 0 Å². The van der Waals surface area contributed by atoms with Gasteiger partial charge < -0.3 is 9.84 Å². The number of thiol groups is 1. The second-order valence-corrected chi connectivity index (χ2v) is 8.24. The molecule has 1 atom stereocenters. The summed E-state index contributed by atoms with van der Waals surface area (Å²) in [7, 11) is -4.82. The predicted octanol–water partition coefficient (Wildman–Crippen LogP) is 3.41. The van der Waals surface area contributed by atoms with Gasteiger partial charge in [-0.05, 0) is 12.1 Å². The number of alkyl halides is 2. The molecule has 2 N–H and O–H groups in total. The number of halogens is 5. The standard InChI is InChI=1S/C15H9ClF4N2O3S/c16-13-10(25-9-4-7(17)3-8(18)5-9)1-2-11-12(13)14(23)15(19,20)26(11,24)22-6-21/h1-5,14,23,26H,(H,22,24)/t14-/m1/s1. The van der Waals surface area contributed by atoms with E-state index in [9.17, 15) is 26.9 Å². The summed E-state index contributed by atoms with van der Waals surface area (Å²) in [6.07, 6.45) is -1.37. The van der Waals surface area contributed by atoms with Crippen LogP contribution in [0.1, 0.15) is 11.7 Å². The molecule has 0 saturated heterocycles. The molecule has 0 saturated carbocycles. The van der Waals surface area contributed by atoms with E-state index < -0.39 is 48.6 Å². The van der Waals surface area contributed by atoms with Gasteiger partial charge >= 0.3 is 5.25 Å². The Labute approximate surface area is 150 Å². The SMILES string of the molecule is N#CN[SH]1(=O)c2ccc(Oc3cc(F)cc(F)c3)c(Cl)c2[C@@H](O)C1(F)F. The lowest BCUT2D eigenvalue weighted by atomic mass is 10.1. The number of nitriles is 1. The summed E-state index contributed by atoms with van der Waals surface area (Å²) in [6, 6.07) is 4.26. The van der Waals surface area contributed by atoms with Crippen molar-refractivity contribution in [3.8, 4) is 17.7 Å². The van der Waals surface area contributed by atoms with Gasteiger partial charge in [0, 0.05) is 28.7 Å². The molecule has 0 fully saturated rings. The van der Waals surface area contributed by atoms with Crippen LogP contribution in [0, 0.1) is 23.1 Å². The molecular formula is C15H9ClF4N2O3S. The van der Waals surface area contributed by atoms with Gasteiger partial charge in [-0.3, -0.25) is 8.93 Å². The summed E-state index contributed by atoms with van der Waals surface area (Å²) in [6.45, 7) is 0. The lowest BCUT2D eigenvalue weighted by molar-refractivity contribution is -0.0370. The molecule has 0 amide bonds. The van der Waals surface area contributed by atoms with Crippen molar-refractivity contribution in [3.05, 3.63) is 52.6 Å². The van der Waals surface area contributed by atoms with E-state index in [1.807, 2.05) is 0 Å². The lowest BCUT2D eigenvalue weighted by Gasteiger charge is -2.26. The number of nitrogens with one attached hydrogen (secondary N) is 1. The van der Waals surface area contributed by atoms with Gasteiger partial charge in [0.1, 0.15) is 23.1 Å². The van der Waals surface area contributed by atoms with Gasteiger partial charge in [0.15, 0.2) is 12.3 Å². The zero-order valence-electron chi connectivity index (χ0n) is 12.5. The minimum Gasteiger partial charge on any atom is -0.456 e. The van der Waals surface area contributed by atoms with Crippen molar-refractivity contribution in [3.63, 3.8) is 0 Å². The van der Waals surface area contributed by atoms with Crippen molar-refractivity contribution in [2.75, 3.05) is 0 Å². The fourth-order valence-electron chi connectivity index (χ4n) is 2.60. The largest absolute Gasteiger partial charge is 0.456 e. The molecule has 3 rings (SSSR count). The van der Waals surface area contributed by atoms with Crippen LogP contribution in [0.4, 0.5) is 17.6 Å². The maximum absolute atomic E-state index is 14.3. The van der Waals surface area contributed by atoms with Gasteiger partial charge in [-0.25, -0.2) is 8.78 Å². The van der Waals surface area contributed by atoms with Crippen LogP contribution >= 0.6 is 11.6 Å². The third kappa shape index (κ3) is 2.59. The molecule has 0 bridgehead atoms. The van der Waals surface area contributed by atoms with Crippen LogP contribution in [0.25, 0.3) is 0 Å². The van der Waals surface area contributed by atoms with Crippen molar-refractivity contribution >= 4 is 21.7 Å². The summed E-state index contributed by atoms with van der Waals surface area (Å²) in [5, 5.41) is 13.8. The van der Waals surface area contributed by atoms with Crippen molar-refractivity contribution < 1.29 is 31.6 Å². The number of aliphatic hydroxyl groups is 1. The molecule has 2 aromatic rings. The first-order valence-electron chi connectivity index (χ1n) is 6.91. The minimum atomic E-state index is -4.82. The van der Waals surface area contributed by atoms with Crippen LogP contribution in [-0.4, -0.2) is 14.6 Å². The summed E-state index contributed by atoms with van der Waals surface area (Å²) >= 11 is 6.00. The number of nitrogens with zero attached hydrogens (tertiary/aromatic N) is 1. The molecule has 0 unspecified atom stereocenters. The van der Waals surface area contributed by atoms with E-state index in [0.717, 1.165) is 24.3 Å². The smallest absolute Gasteiger partial charge is 0.348 e. The quantitative estimate of drug-likeness (QED) is 0.314. The summed E-state index contributed by atoms with van der Waals surface area (Å²) < 4.78 is 74.4. The van der Waals surface area contributed by atoms with Crippen LogP contribution in [0.5, 0.6) is 11.5 Å². The molecular weight excluding hydrogens is 400 g/mol. The zero-order chi connectivity index (χ0) is 19.3. The number of ether oxygens (including phenoxy) is 1. The van der Waals surface area contributed by atoms with Crippen molar-refractivity contribution in [2.45, 2.75) is 16.3 Å². The lowest BCUT2D eigenvalue weighted by Crippen LogP contribution is -2.42. The van der Waals surface area contributed by atoms with Gasteiger partial charge in [-0.15, -0.1) is 0 Å². The molecule has 138 valence electrons. The zero-order valence-corrected chi connectivity index (χ0v) is 14.2. The fourth-order valence-corrected chi connectivity index (χ4v) is 5.04. The third-order valence-electron chi connectivity index (χ3n) is 3.75. The second kappa shape index (κ2) is 6.12. The molecule has 2 aromatic carbocycles. The second-order valence-electron chi connectivity index (χ2n) is 5.34. The maximum Gasteiger partial charge on any atom is 0.348 e. The maximum atomic E-state index is 14.3. The molecule has 26 heavy (non-hydrogen) atoms. The first kappa shape index (κ1) is 18.4. The normalized spacial score (nSPS) is 20.7. The Morgan fingerprint density at radius 2 is 1.88 bits per heavy atom. The molecule has 0 aromatic heterocycles. The van der Waals surface area contributed by atoms with E-state index in [1.165, 1.54) is 6.19 Å². The van der Waals surface area contributed by atoms with Gasteiger partial charge in [0.05, 0.1) is 15.1 Å². The molecule has 1 heterocycles. The Balaban J connectivity index is 2.11. The average molecular weight is 409 g/mol. The van der Waals surface area contributed by atoms with Gasteiger partial charge in [-0.2, -0.15) is 14.0 Å². The number of rotatable bonds is 3. The molecule has 0 aliphatic carbocycles. The number of hydrogen-bond acceptors (Lipinski definition) is 4. The number of benzene rings is 2. The van der Waals surface area contributed by atoms with Crippen LogP contribution in [0.15, 0.2) is 35.2 Å². The summed E-state index contributed by atoms with van der Waals surface area (Å²) in [5.41, 5.74) is -0.586. The molecule has 1 aliphatic heterocycles. The van der Waals surface area contributed by atoms with Crippen molar-refractivity contribution in [2.24, 2.45) is 0 Å². The highest BCUT2D eigenvalue weighted by Gasteiger charge is 2.60. The fraction of sp³-hybridized carbons (Fsp3) is 0.133. The van der Waals surface area contributed by atoms with Crippen LogP contribution < -0.4 is 9.46 Å². The third-order valence-corrected chi connectivity index (χ3v) is 6.71. The number of hydrogen-bond donors (Lipinski definition) is 3. The van der Waals surface area contributed by atoms with Crippen LogP contribution in [0.2, 0.25) is 5.02 Å². The van der Waals surface area contributed by atoms with E-state index in [0.29, 0.717) is 6.07 Å². The van der Waals surface area contributed by atoms with Crippen LogP contribution in [-0.2, 0) is 10.1 Å². The number of aliphatic hydroxyl groups excluding tert-OH is 1. The Kier molecular flexibility index (Phi) is 4.34. The van der Waals surface area contributed by atoms with E-state index in [1.54, 1.807) is 4.72 Å². The van der Waals surface area contributed by atoms with E-state index in [-0.39, 0.29) is 11.5 Å². The minimum absolute atomic E-state index is 0.296. The van der Waals surface area contributed by atoms with E-state index >= 15 is 0 Å². The van der Waals surface area contributed by atoms with E-state index in [4.69, 9.17) is 21.6 Å². The average Bonchev–Trinajstić information content (AvgIpc) is 2.68. The molecule has 1 aliphatic rings. The summed E-state index contributed by atoms with van der Waals surface area (Å²) in [4.78, 5) is -0.528. The topological polar surface area (TPSA) is 82.4 Å². The molecule has 5 nitrogen and oxygen atoms in total. The Morgan fingerprint density at radius 3 is 2.46 bits per heavy atom. The van der Waals surface area contributed by atoms with Gasteiger partial charge in [0.2, 0.25) is 0 Å². The van der Waals surface area contributed by atoms with Crippen LogP contribution in [0.3, 0.4) is 0 Å². The highest BCUT2D eigenvalue weighted by molar-refractivity contribution is 8.02. The Morgan fingerprint density at radius 1 is 1.27 bits per heavy atom. The highest BCUT2D eigenvalue weighted by Crippen LogP contribution is 2.55. The monoisotopic (exact) mass is 408 g/mol. The van der Waals surface area contributed by atoms with Crippen molar-refractivity contribution in [1.82, 2.24) is 4.72 Å². The van der Waals surface area contributed by atoms with Gasteiger partial charge in [-0.1, -0.05) is 11.6 Å². The highest BCUT2D eigenvalue weighted by atomic mass is 35.5. The van der Waals surface area contributed by atoms with Crippen molar-refractivity contribution in [1.29, 1.82) is 5.26 Å². The number of fused-ring (bicyclic) bond motifs is 1. The van der Waals surface area contributed by atoms with Gasteiger partial charge in [0.25, 0.3) is 0 Å². The molecule has 11 heteroatoms. The first-order valence-corrected chi connectivity index (χ1v) is 8.99. The predicted molar refractivity (Wildman–Crippen MR) is 84.3 cm³/mol. The first-order chi connectivity index (χ1) is 12.1. The Bertz CT molecular complexity index is 975. The molecule has 0 radical (unpaired) electrons. The Hall–Kier alpha value is -2.35.